The van der Waals surface area contributed by atoms with E-state index in [4.69, 9.17) is 10.5 Å². The number of nitrogens with one attached hydrogen (secondary N) is 2. The molecule has 2 aromatic rings. The number of methoxy groups -OCH3 is 1. The Morgan fingerprint density at radius 2 is 1.85 bits per heavy atom. The number of carbonyl (C=O) groups excluding carboxylic acids is 2. The average molecular weight is 371 g/mol. The molecule has 0 unspecified atom stereocenters. The van der Waals surface area contributed by atoms with Crippen LogP contribution in [-0.4, -0.2) is 24.5 Å². The van der Waals surface area contributed by atoms with Gasteiger partial charge in [0.25, 0.3) is 5.91 Å². The molecular weight excluding hydrogens is 349 g/mol. The Hall–Kier alpha value is -2.93. The van der Waals surface area contributed by atoms with Crippen LogP contribution in [0.15, 0.2) is 42.5 Å². The molecule has 7 heteroatoms. The maximum Gasteiger partial charge on any atom is 0.255 e. The molecule has 0 saturated heterocycles. The van der Waals surface area contributed by atoms with Crippen molar-refractivity contribution < 1.29 is 18.7 Å². The molecule has 6 nitrogen and oxygen atoms in total. The normalized spacial score (nSPS) is 15.2. The number of benzene rings is 2. The van der Waals surface area contributed by atoms with E-state index in [9.17, 15) is 14.0 Å². The molecule has 2 amide bonds. The Kier molecular flexibility index (Phi) is 5.41. The molecule has 142 valence electrons. The molecule has 0 radical (unpaired) electrons. The van der Waals surface area contributed by atoms with Gasteiger partial charge in [0.15, 0.2) is 0 Å². The van der Waals surface area contributed by atoms with Gasteiger partial charge >= 0.3 is 0 Å². The van der Waals surface area contributed by atoms with Gasteiger partial charge in [-0.15, -0.1) is 0 Å². The molecule has 0 aromatic heterocycles. The zero-order valence-corrected chi connectivity index (χ0v) is 15.0. The number of nitrogens with two attached hydrogens (primary N) is 1. The fourth-order valence-electron chi connectivity index (χ4n) is 3.20. The number of anilines is 2. The van der Waals surface area contributed by atoms with E-state index >= 15 is 0 Å². The first kappa shape index (κ1) is 18.8. The smallest absolute Gasteiger partial charge is 0.255 e. The largest absolute Gasteiger partial charge is 0.495 e. The number of hydrogen-bond donors (Lipinski definition) is 3. The zero-order chi connectivity index (χ0) is 19.4. The van der Waals surface area contributed by atoms with Crippen LogP contribution in [0.1, 0.15) is 36.0 Å². The predicted octanol–water partition coefficient (Wildman–Crippen LogP) is 3.30. The summed E-state index contributed by atoms with van der Waals surface area (Å²) in [5.41, 5.74) is 6.35. The van der Waals surface area contributed by atoms with Crippen LogP contribution in [-0.2, 0) is 4.79 Å². The van der Waals surface area contributed by atoms with Crippen LogP contribution in [0.5, 0.6) is 5.75 Å². The molecule has 1 aliphatic rings. The summed E-state index contributed by atoms with van der Waals surface area (Å²) in [6.07, 6.45) is 3.17. The Labute approximate surface area is 156 Å². The summed E-state index contributed by atoms with van der Waals surface area (Å²) in [4.78, 5) is 24.9. The number of halogens is 1. The van der Waals surface area contributed by atoms with E-state index in [0.717, 1.165) is 18.9 Å². The molecule has 0 bridgehead atoms. The quantitative estimate of drug-likeness (QED) is 0.752. The second-order valence-corrected chi connectivity index (χ2v) is 6.70. The highest BCUT2D eigenvalue weighted by Gasteiger charge is 2.37. The zero-order valence-electron chi connectivity index (χ0n) is 15.0. The molecule has 3 rings (SSSR count). The summed E-state index contributed by atoms with van der Waals surface area (Å²) in [5, 5.41) is 5.49. The highest BCUT2D eigenvalue weighted by molar-refractivity contribution is 6.06. The summed E-state index contributed by atoms with van der Waals surface area (Å²) in [7, 11) is 1.47. The maximum atomic E-state index is 13.3. The monoisotopic (exact) mass is 371 g/mol. The predicted molar refractivity (Wildman–Crippen MR) is 101 cm³/mol. The minimum atomic E-state index is -0.856. The van der Waals surface area contributed by atoms with Gasteiger partial charge in [-0.3, -0.25) is 9.59 Å². The van der Waals surface area contributed by atoms with Crippen molar-refractivity contribution in [1.29, 1.82) is 0 Å². The number of carbonyl (C=O) groups is 2. The van der Waals surface area contributed by atoms with Gasteiger partial charge in [0.05, 0.1) is 18.3 Å². The van der Waals surface area contributed by atoms with Crippen LogP contribution in [0, 0.1) is 5.82 Å². The molecule has 1 aliphatic carbocycles. The Balaban J connectivity index is 1.79. The lowest BCUT2D eigenvalue weighted by Gasteiger charge is -2.22. The molecule has 0 atom stereocenters. The van der Waals surface area contributed by atoms with Gasteiger partial charge in [-0.1, -0.05) is 18.9 Å². The van der Waals surface area contributed by atoms with Crippen LogP contribution in [0.2, 0.25) is 0 Å². The fraction of sp³-hybridized carbons (Fsp3) is 0.300. The van der Waals surface area contributed by atoms with Crippen molar-refractivity contribution in [3.8, 4) is 5.75 Å². The van der Waals surface area contributed by atoms with Crippen LogP contribution >= 0.6 is 0 Å². The van der Waals surface area contributed by atoms with E-state index in [-0.39, 0.29) is 11.5 Å². The SMILES string of the molecule is COc1ccc(NC(=O)C2(N)CCCC2)cc1NC(=O)c1cccc(F)c1. The highest BCUT2D eigenvalue weighted by atomic mass is 19.1. The lowest BCUT2D eigenvalue weighted by Crippen LogP contribution is -2.48. The van der Waals surface area contributed by atoms with Crippen LogP contribution in [0.25, 0.3) is 0 Å². The van der Waals surface area contributed by atoms with Crippen molar-refractivity contribution in [2.24, 2.45) is 5.73 Å². The lowest BCUT2D eigenvalue weighted by molar-refractivity contribution is -0.121. The minimum Gasteiger partial charge on any atom is -0.495 e. The second kappa shape index (κ2) is 7.75. The van der Waals surface area contributed by atoms with Crippen molar-refractivity contribution in [3.05, 3.63) is 53.8 Å². The van der Waals surface area contributed by atoms with Crippen molar-refractivity contribution in [3.63, 3.8) is 0 Å². The molecule has 1 saturated carbocycles. The molecule has 4 N–H and O–H groups in total. The summed E-state index contributed by atoms with van der Waals surface area (Å²) in [6.45, 7) is 0. The molecule has 2 aromatic carbocycles. The highest BCUT2D eigenvalue weighted by Crippen LogP contribution is 2.31. The molecular formula is C20H22FN3O3. The number of hydrogen-bond acceptors (Lipinski definition) is 4. The maximum absolute atomic E-state index is 13.3. The summed E-state index contributed by atoms with van der Waals surface area (Å²) >= 11 is 0. The van der Waals surface area contributed by atoms with E-state index in [0.29, 0.717) is 30.0 Å². The molecule has 0 spiro atoms. The Morgan fingerprint density at radius 3 is 2.52 bits per heavy atom. The third-order valence-electron chi connectivity index (χ3n) is 4.74. The molecule has 0 heterocycles. The van der Waals surface area contributed by atoms with E-state index in [1.807, 2.05) is 0 Å². The lowest BCUT2D eigenvalue weighted by atomic mass is 9.98. The van der Waals surface area contributed by atoms with Crippen LogP contribution < -0.4 is 21.1 Å². The number of ether oxygens (including phenoxy) is 1. The summed E-state index contributed by atoms with van der Waals surface area (Å²) < 4.78 is 18.6. The fourth-order valence-corrected chi connectivity index (χ4v) is 3.20. The minimum absolute atomic E-state index is 0.179. The van der Waals surface area contributed by atoms with Gasteiger partial charge in [0.2, 0.25) is 5.91 Å². The van der Waals surface area contributed by atoms with Crippen molar-refractivity contribution >= 4 is 23.2 Å². The van der Waals surface area contributed by atoms with E-state index in [1.165, 1.54) is 25.3 Å². The topological polar surface area (TPSA) is 93.4 Å². The molecule has 0 aliphatic heterocycles. The Bertz CT molecular complexity index is 863. The first-order chi connectivity index (χ1) is 12.9. The van der Waals surface area contributed by atoms with Gasteiger partial charge < -0.3 is 21.1 Å². The van der Waals surface area contributed by atoms with E-state index in [1.54, 1.807) is 18.2 Å². The summed E-state index contributed by atoms with van der Waals surface area (Å²) in [5.74, 6) is -0.809. The van der Waals surface area contributed by atoms with Crippen molar-refractivity contribution in [2.75, 3.05) is 17.7 Å². The van der Waals surface area contributed by atoms with Gasteiger partial charge in [0.1, 0.15) is 11.6 Å². The van der Waals surface area contributed by atoms with Crippen LogP contribution in [0.4, 0.5) is 15.8 Å². The average Bonchev–Trinajstić information content (AvgIpc) is 3.10. The second-order valence-electron chi connectivity index (χ2n) is 6.70. The van der Waals surface area contributed by atoms with Gasteiger partial charge in [-0.25, -0.2) is 4.39 Å². The third kappa shape index (κ3) is 4.25. The third-order valence-corrected chi connectivity index (χ3v) is 4.74. The first-order valence-electron chi connectivity index (χ1n) is 8.76. The van der Waals surface area contributed by atoms with Gasteiger partial charge in [0, 0.05) is 11.3 Å². The van der Waals surface area contributed by atoms with Crippen LogP contribution in [0.3, 0.4) is 0 Å². The number of rotatable bonds is 5. The first-order valence-corrected chi connectivity index (χ1v) is 8.76. The van der Waals surface area contributed by atoms with Gasteiger partial charge in [-0.05, 0) is 49.2 Å². The standard InChI is InChI=1S/C20H22FN3O3/c1-27-17-8-7-15(23-19(26)20(22)9-2-3-10-20)12-16(17)24-18(25)13-5-4-6-14(21)11-13/h4-8,11-12H,2-3,9-10,22H2,1H3,(H,23,26)(H,24,25). The van der Waals surface area contributed by atoms with E-state index < -0.39 is 17.3 Å². The van der Waals surface area contributed by atoms with E-state index in [2.05, 4.69) is 10.6 Å². The number of amides is 2. The molecule has 27 heavy (non-hydrogen) atoms. The van der Waals surface area contributed by atoms with Crippen molar-refractivity contribution in [2.45, 2.75) is 31.2 Å². The van der Waals surface area contributed by atoms with Gasteiger partial charge in [-0.2, -0.15) is 0 Å². The molecule has 1 fully saturated rings. The summed E-state index contributed by atoms with van der Waals surface area (Å²) in [6, 6.07) is 10.3. The van der Waals surface area contributed by atoms with Crippen molar-refractivity contribution in [1.82, 2.24) is 0 Å². The Morgan fingerprint density at radius 1 is 1.11 bits per heavy atom.